The van der Waals surface area contributed by atoms with Crippen molar-refractivity contribution in [2.45, 2.75) is 32.8 Å². The van der Waals surface area contributed by atoms with Gasteiger partial charge in [0.15, 0.2) is 0 Å². The molecule has 26 heavy (non-hydrogen) atoms. The Hall–Kier alpha value is -2.12. The summed E-state index contributed by atoms with van der Waals surface area (Å²) < 4.78 is 19.7. The second-order valence-corrected chi connectivity index (χ2v) is 10.2. The molecule has 1 unspecified atom stereocenters. The zero-order valence-corrected chi connectivity index (χ0v) is 16.6. The van der Waals surface area contributed by atoms with Crippen molar-refractivity contribution in [1.29, 1.82) is 0 Å². The molecule has 0 aliphatic rings. The molecule has 2 aromatic carbocycles. The molecule has 0 heterocycles. The van der Waals surface area contributed by atoms with Crippen molar-refractivity contribution in [2.24, 2.45) is 5.92 Å². The Balaban J connectivity index is 2.43. The maximum Gasteiger partial charge on any atom is 0.310 e. The molecule has 0 aromatic heterocycles. The third kappa shape index (κ3) is 5.19. The van der Waals surface area contributed by atoms with Crippen LogP contribution in [-0.4, -0.2) is 17.7 Å². The summed E-state index contributed by atoms with van der Waals surface area (Å²) in [4.78, 5) is 12.7. The van der Waals surface area contributed by atoms with Crippen LogP contribution in [0.1, 0.15) is 27.2 Å². The van der Waals surface area contributed by atoms with Crippen molar-refractivity contribution in [3.05, 3.63) is 73.3 Å². The fourth-order valence-electron chi connectivity index (χ4n) is 2.84. The van der Waals surface area contributed by atoms with Crippen molar-refractivity contribution in [1.82, 2.24) is 0 Å². The molecule has 0 spiro atoms. The molecule has 2 aromatic rings. The molecule has 1 atom stereocenters. The number of carbonyl (C=O) groups excluding carboxylic acids is 1. The van der Waals surface area contributed by atoms with Crippen LogP contribution < -0.4 is 10.6 Å². The van der Waals surface area contributed by atoms with Gasteiger partial charge in [0.2, 0.25) is 0 Å². The summed E-state index contributed by atoms with van der Waals surface area (Å²) in [6.07, 6.45) is 2.34. The van der Waals surface area contributed by atoms with E-state index in [9.17, 15) is 9.36 Å². The molecule has 138 valence electrons. The fraction of sp³-hybridized carbons (Fsp3) is 0.318. The van der Waals surface area contributed by atoms with Gasteiger partial charge in [-0.25, -0.2) is 0 Å². The van der Waals surface area contributed by atoms with Crippen LogP contribution in [0.25, 0.3) is 0 Å². The molecular weight excluding hydrogens is 343 g/mol. The molecule has 0 aliphatic heterocycles. The molecule has 0 amide bonds. The number of hydrogen-bond acceptors (Lipinski definition) is 3. The number of carbonyl (C=O) groups is 1. The van der Waals surface area contributed by atoms with E-state index in [2.05, 4.69) is 6.58 Å². The quantitative estimate of drug-likeness (QED) is 0.408. The molecule has 0 aliphatic carbocycles. The number of ether oxygens (including phenoxy) is 1. The summed E-state index contributed by atoms with van der Waals surface area (Å²) in [5.41, 5.74) is -0.583. The number of rotatable bonds is 7. The van der Waals surface area contributed by atoms with Gasteiger partial charge in [-0.1, -0.05) is 66.7 Å². The Kier molecular flexibility index (Phi) is 6.61. The van der Waals surface area contributed by atoms with Gasteiger partial charge in [-0.05, 0) is 27.2 Å². The summed E-state index contributed by atoms with van der Waals surface area (Å²) >= 11 is 0. The molecule has 0 bridgehead atoms. The van der Waals surface area contributed by atoms with Crippen LogP contribution in [0.4, 0.5) is 0 Å². The Morgan fingerprint density at radius 3 is 1.88 bits per heavy atom. The van der Waals surface area contributed by atoms with Crippen LogP contribution in [0, 0.1) is 5.92 Å². The minimum atomic E-state index is -2.98. The lowest BCUT2D eigenvalue weighted by Crippen LogP contribution is -2.32. The first-order valence-electron chi connectivity index (χ1n) is 8.80. The molecular formula is C22H27O3P. The van der Waals surface area contributed by atoms with E-state index in [1.165, 1.54) is 0 Å². The largest absolute Gasteiger partial charge is 0.460 e. The first-order chi connectivity index (χ1) is 12.3. The predicted octanol–water partition coefficient (Wildman–Crippen LogP) is 4.53. The summed E-state index contributed by atoms with van der Waals surface area (Å²) in [5, 5.41) is 1.51. The summed E-state index contributed by atoms with van der Waals surface area (Å²) in [5.74, 6) is -0.831. The maximum absolute atomic E-state index is 14.1. The van der Waals surface area contributed by atoms with Crippen LogP contribution >= 0.6 is 7.14 Å². The van der Waals surface area contributed by atoms with E-state index >= 15 is 0 Å². The molecule has 0 fully saturated rings. The van der Waals surface area contributed by atoms with Crippen molar-refractivity contribution in [2.75, 3.05) is 6.16 Å². The van der Waals surface area contributed by atoms with Crippen molar-refractivity contribution < 1.29 is 14.1 Å². The molecule has 0 saturated carbocycles. The van der Waals surface area contributed by atoms with Crippen LogP contribution in [0.15, 0.2) is 73.3 Å². The van der Waals surface area contributed by atoms with E-state index < -0.39 is 18.7 Å². The highest BCUT2D eigenvalue weighted by Crippen LogP contribution is 2.46. The zero-order valence-electron chi connectivity index (χ0n) is 15.7. The molecule has 2 rings (SSSR count). The molecule has 0 saturated heterocycles. The second-order valence-electron chi connectivity index (χ2n) is 7.35. The number of benzene rings is 2. The maximum atomic E-state index is 14.1. The highest BCUT2D eigenvalue weighted by molar-refractivity contribution is 7.78. The van der Waals surface area contributed by atoms with Crippen LogP contribution in [-0.2, 0) is 14.1 Å². The van der Waals surface area contributed by atoms with E-state index in [0.717, 1.165) is 10.6 Å². The SMILES string of the molecule is C=CCC(CP(=O)(c1ccccc1)c1ccccc1)C(=O)OC(C)(C)C. The van der Waals surface area contributed by atoms with Gasteiger partial charge in [0.05, 0.1) is 5.92 Å². The predicted molar refractivity (Wildman–Crippen MR) is 109 cm³/mol. The van der Waals surface area contributed by atoms with Gasteiger partial charge in [-0.3, -0.25) is 4.79 Å². The van der Waals surface area contributed by atoms with Crippen molar-refractivity contribution in [3.63, 3.8) is 0 Å². The lowest BCUT2D eigenvalue weighted by atomic mass is 10.1. The fourth-order valence-corrected chi connectivity index (χ4v) is 5.79. The van der Waals surface area contributed by atoms with Crippen LogP contribution in [0.3, 0.4) is 0 Å². The van der Waals surface area contributed by atoms with Gasteiger partial charge in [0.1, 0.15) is 12.7 Å². The average Bonchev–Trinajstić information content (AvgIpc) is 2.61. The lowest BCUT2D eigenvalue weighted by molar-refractivity contribution is -0.159. The molecule has 0 radical (unpaired) electrons. The first kappa shape index (κ1) is 20.2. The Bertz CT molecular complexity index is 733. The van der Waals surface area contributed by atoms with E-state index in [-0.39, 0.29) is 12.1 Å². The van der Waals surface area contributed by atoms with Gasteiger partial charge in [-0.15, -0.1) is 6.58 Å². The van der Waals surface area contributed by atoms with Crippen molar-refractivity contribution in [3.8, 4) is 0 Å². The monoisotopic (exact) mass is 370 g/mol. The van der Waals surface area contributed by atoms with Gasteiger partial charge < -0.3 is 9.30 Å². The third-order valence-corrected chi connectivity index (χ3v) is 7.23. The average molecular weight is 370 g/mol. The van der Waals surface area contributed by atoms with Gasteiger partial charge in [0.25, 0.3) is 0 Å². The highest BCUT2D eigenvalue weighted by atomic mass is 31.2. The van der Waals surface area contributed by atoms with Crippen LogP contribution in [0.2, 0.25) is 0 Å². The normalized spacial score (nSPS) is 13.0. The van der Waals surface area contributed by atoms with Crippen LogP contribution in [0.5, 0.6) is 0 Å². The summed E-state index contributed by atoms with van der Waals surface area (Å²) in [7, 11) is -2.98. The molecule has 3 nitrogen and oxygen atoms in total. The Morgan fingerprint density at radius 1 is 1.04 bits per heavy atom. The highest BCUT2D eigenvalue weighted by Gasteiger charge is 2.35. The Morgan fingerprint density at radius 2 is 1.50 bits per heavy atom. The third-order valence-electron chi connectivity index (χ3n) is 4.02. The van der Waals surface area contributed by atoms with Gasteiger partial charge >= 0.3 is 5.97 Å². The lowest BCUT2D eigenvalue weighted by Gasteiger charge is -2.27. The number of hydrogen-bond donors (Lipinski definition) is 0. The van der Waals surface area contributed by atoms with E-state index in [1.54, 1.807) is 6.08 Å². The number of allylic oxidation sites excluding steroid dienone is 1. The summed E-state index contributed by atoms with van der Waals surface area (Å²) in [6, 6.07) is 18.8. The smallest absolute Gasteiger partial charge is 0.310 e. The molecule has 4 heteroatoms. The minimum Gasteiger partial charge on any atom is -0.460 e. The standard InChI is InChI=1S/C22H27O3P/c1-5-12-18(21(23)25-22(2,3)4)17-26(24,19-13-8-6-9-14-19)20-15-10-7-11-16-20/h5-11,13-16,18H,1,12,17H2,2-4H3. The number of esters is 1. The Labute approximate surface area is 156 Å². The topological polar surface area (TPSA) is 43.4 Å². The first-order valence-corrected chi connectivity index (χ1v) is 10.7. The summed E-state index contributed by atoms with van der Waals surface area (Å²) in [6.45, 7) is 9.27. The van der Waals surface area contributed by atoms with Crippen molar-refractivity contribution >= 4 is 23.7 Å². The van der Waals surface area contributed by atoms with Gasteiger partial charge in [-0.2, -0.15) is 0 Å². The second kappa shape index (κ2) is 8.51. The van der Waals surface area contributed by atoms with Gasteiger partial charge in [0, 0.05) is 16.8 Å². The zero-order chi connectivity index (χ0) is 19.2. The minimum absolute atomic E-state index is 0.224. The van der Waals surface area contributed by atoms with E-state index in [0.29, 0.717) is 6.42 Å². The van der Waals surface area contributed by atoms with E-state index in [1.807, 2.05) is 81.4 Å². The molecule has 0 N–H and O–H groups in total. The van der Waals surface area contributed by atoms with E-state index in [4.69, 9.17) is 4.74 Å².